The van der Waals surface area contributed by atoms with E-state index in [9.17, 15) is 14.4 Å². The van der Waals surface area contributed by atoms with Gasteiger partial charge >= 0.3 is 18.0 Å². The minimum Gasteiger partial charge on any atom is -0.370 e. The van der Waals surface area contributed by atoms with Crippen LogP contribution in [0, 0.1) is 0 Å². The molecule has 13 N–H and O–H groups in total. The van der Waals surface area contributed by atoms with E-state index in [-0.39, 0.29) is 37.9 Å². The molecular weight excluding hydrogens is 378 g/mol. The van der Waals surface area contributed by atoms with Crippen molar-refractivity contribution in [3.63, 3.8) is 0 Å². The molecule has 2 atom stereocenters. The van der Waals surface area contributed by atoms with Gasteiger partial charge in [0, 0.05) is 13.1 Å². The number of hydrogen-bond donors (Lipinski definition) is 7. The van der Waals surface area contributed by atoms with E-state index in [0.29, 0.717) is 12.8 Å². The Kier molecular flexibility index (Phi) is 12.2. The Morgan fingerprint density at radius 3 is 1.71 bits per heavy atom. The number of guanidine groups is 2. The van der Waals surface area contributed by atoms with Gasteiger partial charge in [0.15, 0.2) is 11.9 Å². The first-order valence-electron chi connectivity index (χ1n) is 8.14. The third-order valence-electron chi connectivity index (χ3n) is 2.98. The van der Waals surface area contributed by atoms with Gasteiger partial charge in [-0.2, -0.15) is 0 Å². The number of hydroxylamine groups is 1. The van der Waals surface area contributed by atoms with Crippen LogP contribution in [0.15, 0.2) is 9.98 Å². The van der Waals surface area contributed by atoms with Gasteiger partial charge in [0.1, 0.15) is 12.1 Å². The Morgan fingerprint density at radius 1 is 0.786 bits per heavy atom. The van der Waals surface area contributed by atoms with Gasteiger partial charge in [0.25, 0.3) is 0 Å². The molecule has 0 aromatic heterocycles. The fourth-order valence-electron chi connectivity index (χ4n) is 1.60. The van der Waals surface area contributed by atoms with Crippen LogP contribution in [0.25, 0.3) is 0 Å². The lowest BCUT2D eigenvalue weighted by Gasteiger charge is -2.11. The van der Waals surface area contributed by atoms with Crippen LogP contribution < -0.4 is 39.9 Å². The second-order valence-electron chi connectivity index (χ2n) is 5.41. The smallest absolute Gasteiger partial charge is 0.370 e. The summed E-state index contributed by atoms with van der Waals surface area (Å²) in [4.78, 5) is 54.5. The van der Waals surface area contributed by atoms with Crippen LogP contribution in [0.3, 0.4) is 0 Å². The largest absolute Gasteiger partial charge is 0.482 e. The molecule has 15 nitrogen and oxygen atoms in total. The first-order chi connectivity index (χ1) is 13.1. The highest BCUT2D eigenvalue weighted by Gasteiger charge is 2.20. The van der Waals surface area contributed by atoms with Crippen molar-refractivity contribution >= 4 is 30.0 Å². The van der Waals surface area contributed by atoms with E-state index in [1.165, 1.54) is 0 Å². The summed E-state index contributed by atoms with van der Waals surface area (Å²) in [7, 11) is 0. The molecule has 15 heteroatoms. The van der Waals surface area contributed by atoms with Gasteiger partial charge < -0.3 is 39.2 Å². The minimum absolute atomic E-state index is 0.0800. The Morgan fingerprint density at radius 2 is 1.25 bits per heavy atom. The lowest BCUT2D eigenvalue weighted by atomic mass is 10.2. The van der Waals surface area contributed by atoms with E-state index in [2.05, 4.69) is 24.6 Å². The van der Waals surface area contributed by atoms with Crippen molar-refractivity contribution in [1.82, 2.24) is 5.48 Å². The first-order valence-corrected chi connectivity index (χ1v) is 8.14. The number of hydrogen-bond acceptors (Lipinski definition) is 10. The van der Waals surface area contributed by atoms with Crippen molar-refractivity contribution in [3.05, 3.63) is 0 Å². The van der Waals surface area contributed by atoms with E-state index in [4.69, 9.17) is 34.4 Å². The van der Waals surface area contributed by atoms with Crippen LogP contribution in [0.1, 0.15) is 25.7 Å². The normalized spacial score (nSPS) is 12.1. The average molecular weight is 405 g/mol. The predicted molar refractivity (Wildman–Crippen MR) is 97.6 cm³/mol. The number of rotatable bonds is 10. The summed E-state index contributed by atoms with van der Waals surface area (Å²) in [5.41, 5.74) is 33.3. The van der Waals surface area contributed by atoms with Crippen LogP contribution in [-0.2, 0) is 24.2 Å². The number of amides is 1. The Balaban J connectivity index is 3.98. The summed E-state index contributed by atoms with van der Waals surface area (Å²) in [6.07, 6.45) is -0.154. The topological polar surface area (TPSA) is 272 Å². The highest BCUT2D eigenvalue weighted by Crippen LogP contribution is 1.99. The third kappa shape index (κ3) is 13.0. The fraction of sp³-hybridized carbons (Fsp3) is 0.615. The van der Waals surface area contributed by atoms with Crippen LogP contribution in [0.4, 0.5) is 4.79 Å². The van der Waals surface area contributed by atoms with Crippen LogP contribution >= 0.6 is 0 Å². The molecule has 0 spiro atoms. The van der Waals surface area contributed by atoms with Gasteiger partial charge in [-0.05, 0) is 25.7 Å². The zero-order valence-corrected chi connectivity index (χ0v) is 15.2. The summed E-state index contributed by atoms with van der Waals surface area (Å²) in [6.45, 7) is 0.549. The van der Waals surface area contributed by atoms with Crippen molar-refractivity contribution in [3.8, 4) is 0 Å². The molecule has 0 saturated carbocycles. The van der Waals surface area contributed by atoms with Crippen molar-refractivity contribution in [2.24, 2.45) is 44.4 Å². The molecule has 0 bridgehead atoms. The maximum atomic E-state index is 11.6. The van der Waals surface area contributed by atoms with Gasteiger partial charge in [-0.1, -0.05) is 0 Å². The molecule has 0 radical (unpaired) electrons. The zero-order valence-electron chi connectivity index (χ0n) is 15.2. The number of nitrogens with two attached hydrogens (primary N) is 6. The van der Waals surface area contributed by atoms with Gasteiger partial charge in [-0.3, -0.25) is 9.98 Å². The molecule has 0 aliphatic carbocycles. The van der Waals surface area contributed by atoms with Crippen LogP contribution in [-0.4, -0.2) is 55.1 Å². The van der Waals surface area contributed by atoms with Crippen LogP contribution in [0.2, 0.25) is 0 Å². The molecule has 0 fully saturated rings. The molecule has 0 saturated heterocycles. The van der Waals surface area contributed by atoms with Gasteiger partial charge in [-0.15, -0.1) is 5.48 Å². The van der Waals surface area contributed by atoms with Crippen molar-refractivity contribution in [2.45, 2.75) is 37.8 Å². The Hall–Kier alpha value is -3.33. The van der Waals surface area contributed by atoms with Crippen molar-refractivity contribution < 1.29 is 29.0 Å². The number of nitrogens with one attached hydrogen (secondary N) is 1. The molecule has 0 heterocycles. The lowest BCUT2D eigenvalue weighted by Crippen LogP contribution is -2.39. The zero-order chi connectivity index (χ0) is 21.5. The van der Waals surface area contributed by atoms with E-state index < -0.39 is 30.1 Å². The molecule has 0 aliphatic rings. The van der Waals surface area contributed by atoms with Crippen LogP contribution in [0.5, 0.6) is 0 Å². The number of carbonyl (C=O) groups is 3. The minimum atomic E-state index is -1.36. The molecule has 2 unspecified atom stereocenters. The fourth-order valence-corrected chi connectivity index (χ4v) is 1.60. The molecule has 0 rings (SSSR count). The second-order valence-corrected chi connectivity index (χ2v) is 5.41. The maximum absolute atomic E-state index is 11.6. The molecule has 0 aromatic carbocycles. The maximum Gasteiger partial charge on any atom is 0.482 e. The van der Waals surface area contributed by atoms with E-state index in [1.807, 2.05) is 0 Å². The summed E-state index contributed by atoms with van der Waals surface area (Å²) in [5.74, 6) is -2.12. The second kappa shape index (κ2) is 13.8. The first kappa shape index (κ1) is 24.7. The van der Waals surface area contributed by atoms with Gasteiger partial charge in [-0.25, -0.2) is 24.2 Å². The molecule has 1 amide bonds. The van der Waals surface area contributed by atoms with Crippen molar-refractivity contribution in [2.75, 3.05) is 13.1 Å². The highest BCUT2D eigenvalue weighted by molar-refractivity contribution is 5.78. The molecule has 160 valence electrons. The third-order valence-corrected chi connectivity index (χ3v) is 2.98. The molecule has 0 aliphatic heterocycles. The SMILES string of the molecule is NC(N)=NCCCC(N)C(=O)ONC(=O)OOC(=O)C(N)CCCN=C(N)N. The quantitative estimate of drug-likeness (QED) is 0.0610. The summed E-state index contributed by atoms with van der Waals surface area (Å²) >= 11 is 0. The molecule has 28 heavy (non-hydrogen) atoms. The number of aliphatic imine (C=N–C) groups is 2. The lowest BCUT2D eigenvalue weighted by molar-refractivity contribution is -0.237. The van der Waals surface area contributed by atoms with Gasteiger partial charge in [0.2, 0.25) is 0 Å². The Labute approximate surface area is 160 Å². The highest BCUT2D eigenvalue weighted by atomic mass is 17.2. The monoisotopic (exact) mass is 405 g/mol. The summed E-state index contributed by atoms with van der Waals surface area (Å²) in [5, 5.41) is 0. The summed E-state index contributed by atoms with van der Waals surface area (Å²) in [6, 6.07) is -2.10. The molecular formula is C13H27N9O6. The average Bonchev–Trinajstić information content (AvgIpc) is 2.63. The molecule has 0 aromatic rings. The van der Waals surface area contributed by atoms with E-state index in [0.717, 1.165) is 0 Å². The Bertz CT molecular complexity index is 527. The van der Waals surface area contributed by atoms with E-state index in [1.54, 1.807) is 5.48 Å². The standard InChI is InChI=1S/C13H27N9O6/c14-7(3-1-5-20-11(16)17)9(23)26-22-13(25)28-27-10(24)8(15)4-2-6-21-12(18)19/h7-8H,1-6,14-15H2,(H,22,25)(H4,16,17,20)(H4,18,19,21). The predicted octanol–water partition coefficient (Wildman–Crippen LogP) is -3.61. The van der Waals surface area contributed by atoms with Crippen molar-refractivity contribution in [1.29, 1.82) is 0 Å². The van der Waals surface area contributed by atoms with E-state index >= 15 is 0 Å². The number of carbonyl (C=O) groups excluding carboxylic acids is 3. The number of nitrogens with zero attached hydrogens (tertiary/aromatic N) is 2. The van der Waals surface area contributed by atoms with Gasteiger partial charge in [0.05, 0.1) is 0 Å². The summed E-state index contributed by atoms with van der Waals surface area (Å²) < 4.78 is 0.